The molecule has 0 spiro atoms. The molecule has 0 heterocycles. The zero-order valence-electron chi connectivity index (χ0n) is 16.2. The van der Waals surface area contributed by atoms with Crippen LogP contribution in [0.3, 0.4) is 0 Å². The lowest BCUT2D eigenvalue weighted by Gasteiger charge is -2.18. The molecule has 6 heteroatoms. The second-order valence-electron chi connectivity index (χ2n) is 6.84. The lowest BCUT2D eigenvalue weighted by Crippen LogP contribution is -2.40. The predicted octanol–water partition coefficient (Wildman–Crippen LogP) is 3.95. The van der Waals surface area contributed by atoms with E-state index in [0.717, 1.165) is 55.6 Å². The van der Waals surface area contributed by atoms with Gasteiger partial charge in [0.05, 0.1) is 6.54 Å². The van der Waals surface area contributed by atoms with Crippen molar-refractivity contribution in [2.45, 2.75) is 45.4 Å². The van der Waals surface area contributed by atoms with Gasteiger partial charge in [-0.15, -0.1) is 0 Å². The highest BCUT2D eigenvalue weighted by molar-refractivity contribution is 7.97. The first-order valence-corrected chi connectivity index (χ1v) is 10.9. The smallest absolute Gasteiger partial charge is 0.191 e. The van der Waals surface area contributed by atoms with Gasteiger partial charge in [0, 0.05) is 32.1 Å². The molecule has 1 aliphatic rings. The molecule has 0 bridgehead atoms. The SMILES string of the molecule is CCNC(=NCc1ccc(F)cc1CSC)NCC1(CCOCC)CC1. The van der Waals surface area contributed by atoms with Crippen LogP contribution in [-0.2, 0) is 17.0 Å². The first-order chi connectivity index (χ1) is 12.6. The van der Waals surface area contributed by atoms with Crippen molar-refractivity contribution in [1.29, 1.82) is 0 Å². The quantitative estimate of drug-likeness (QED) is 0.346. The molecule has 26 heavy (non-hydrogen) atoms. The van der Waals surface area contributed by atoms with Gasteiger partial charge in [0.25, 0.3) is 0 Å². The zero-order valence-corrected chi connectivity index (χ0v) is 17.1. The summed E-state index contributed by atoms with van der Waals surface area (Å²) in [7, 11) is 0. The van der Waals surface area contributed by atoms with Crippen molar-refractivity contribution in [3.05, 3.63) is 35.1 Å². The third kappa shape index (κ3) is 6.80. The Morgan fingerprint density at radius 3 is 2.73 bits per heavy atom. The maximum Gasteiger partial charge on any atom is 0.191 e. The van der Waals surface area contributed by atoms with E-state index in [0.29, 0.717) is 12.0 Å². The van der Waals surface area contributed by atoms with Gasteiger partial charge in [-0.3, -0.25) is 0 Å². The molecule has 1 saturated carbocycles. The topological polar surface area (TPSA) is 45.7 Å². The highest BCUT2D eigenvalue weighted by Crippen LogP contribution is 2.48. The number of halogens is 1. The lowest BCUT2D eigenvalue weighted by molar-refractivity contribution is 0.128. The first-order valence-electron chi connectivity index (χ1n) is 9.48. The summed E-state index contributed by atoms with van der Waals surface area (Å²) >= 11 is 1.70. The minimum Gasteiger partial charge on any atom is -0.382 e. The van der Waals surface area contributed by atoms with Gasteiger partial charge in [0.2, 0.25) is 0 Å². The maximum absolute atomic E-state index is 13.5. The second kappa shape index (κ2) is 10.8. The van der Waals surface area contributed by atoms with Crippen LogP contribution < -0.4 is 10.6 Å². The van der Waals surface area contributed by atoms with E-state index < -0.39 is 0 Å². The van der Waals surface area contributed by atoms with Gasteiger partial charge in [-0.05, 0) is 68.0 Å². The minimum absolute atomic E-state index is 0.184. The molecule has 1 aromatic carbocycles. The van der Waals surface area contributed by atoms with Crippen LogP contribution in [0.5, 0.6) is 0 Å². The van der Waals surface area contributed by atoms with Gasteiger partial charge in [-0.1, -0.05) is 6.07 Å². The highest BCUT2D eigenvalue weighted by Gasteiger charge is 2.41. The summed E-state index contributed by atoms with van der Waals surface area (Å²) in [4.78, 5) is 4.72. The largest absolute Gasteiger partial charge is 0.382 e. The van der Waals surface area contributed by atoms with Gasteiger partial charge in [0.15, 0.2) is 5.96 Å². The molecule has 1 aliphatic carbocycles. The van der Waals surface area contributed by atoms with Crippen molar-refractivity contribution >= 4 is 17.7 Å². The van der Waals surface area contributed by atoms with Crippen LogP contribution in [0.1, 0.15) is 44.2 Å². The lowest BCUT2D eigenvalue weighted by atomic mass is 10.0. The third-order valence-electron chi connectivity index (χ3n) is 4.79. The number of hydrogen-bond acceptors (Lipinski definition) is 3. The average Bonchev–Trinajstić information content (AvgIpc) is 3.39. The number of nitrogens with zero attached hydrogens (tertiary/aromatic N) is 1. The molecular weight excluding hydrogens is 349 g/mol. The van der Waals surface area contributed by atoms with Gasteiger partial charge in [-0.25, -0.2) is 9.38 Å². The normalized spacial score (nSPS) is 15.8. The number of aliphatic imine (C=N–C) groups is 1. The monoisotopic (exact) mass is 381 g/mol. The Hall–Kier alpha value is -1.27. The molecule has 0 aliphatic heterocycles. The number of nitrogens with one attached hydrogen (secondary N) is 2. The molecule has 2 N–H and O–H groups in total. The number of guanidine groups is 1. The summed E-state index contributed by atoms with van der Waals surface area (Å²) in [5.41, 5.74) is 2.47. The summed E-state index contributed by atoms with van der Waals surface area (Å²) in [6, 6.07) is 4.98. The molecule has 0 aromatic heterocycles. The van der Waals surface area contributed by atoms with E-state index in [1.165, 1.54) is 18.9 Å². The van der Waals surface area contributed by atoms with Crippen molar-refractivity contribution in [3.63, 3.8) is 0 Å². The van der Waals surface area contributed by atoms with E-state index in [1.54, 1.807) is 17.8 Å². The van der Waals surface area contributed by atoms with Crippen LogP contribution in [-0.4, -0.2) is 38.5 Å². The fourth-order valence-corrected chi connectivity index (χ4v) is 3.52. The Balaban J connectivity index is 1.94. The summed E-state index contributed by atoms with van der Waals surface area (Å²) < 4.78 is 19.0. The fourth-order valence-electron chi connectivity index (χ4n) is 2.94. The van der Waals surface area contributed by atoms with Gasteiger partial charge >= 0.3 is 0 Å². The van der Waals surface area contributed by atoms with E-state index in [2.05, 4.69) is 17.6 Å². The van der Waals surface area contributed by atoms with E-state index >= 15 is 0 Å². The summed E-state index contributed by atoms with van der Waals surface area (Å²) in [5, 5.41) is 6.80. The molecule has 4 nitrogen and oxygen atoms in total. The van der Waals surface area contributed by atoms with Gasteiger partial charge < -0.3 is 15.4 Å². The number of thioether (sulfide) groups is 1. The van der Waals surface area contributed by atoms with Crippen LogP contribution in [0.25, 0.3) is 0 Å². The zero-order chi connectivity index (χ0) is 18.8. The Morgan fingerprint density at radius 2 is 2.08 bits per heavy atom. The summed E-state index contributed by atoms with van der Waals surface area (Å²) in [6.07, 6.45) is 5.63. The maximum atomic E-state index is 13.5. The van der Waals surface area contributed by atoms with Crippen LogP contribution in [0.15, 0.2) is 23.2 Å². The molecule has 1 fully saturated rings. The fraction of sp³-hybridized carbons (Fsp3) is 0.650. The molecule has 0 atom stereocenters. The Bertz CT molecular complexity index is 590. The molecule has 1 aromatic rings. The molecule has 0 radical (unpaired) electrons. The molecule has 0 saturated heterocycles. The third-order valence-corrected chi connectivity index (χ3v) is 5.39. The van der Waals surface area contributed by atoms with Crippen molar-refractivity contribution < 1.29 is 9.13 Å². The first kappa shape index (κ1) is 21.0. The highest BCUT2D eigenvalue weighted by atomic mass is 32.2. The minimum atomic E-state index is -0.184. The Kier molecular flexibility index (Phi) is 8.72. The standard InChI is InChI=1S/C20H32FN3OS/c1-4-22-19(24-15-20(8-9-20)10-11-25-5-2)23-13-16-6-7-18(21)12-17(16)14-26-3/h6-7,12H,4-5,8-11,13-15H2,1-3H3,(H2,22,23,24). The Morgan fingerprint density at radius 1 is 1.27 bits per heavy atom. The summed E-state index contributed by atoms with van der Waals surface area (Å²) in [5.74, 6) is 1.44. The second-order valence-corrected chi connectivity index (χ2v) is 7.71. The average molecular weight is 382 g/mol. The molecule has 0 unspecified atom stereocenters. The van der Waals surface area contributed by atoms with Crippen molar-refractivity contribution in [3.8, 4) is 0 Å². The van der Waals surface area contributed by atoms with Crippen LogP contribution >= 0.6 is 11.8 Å². The van der Waals surface area contributed by atoms with E-state index in [4.69, 9.17) is 9.73 Å². The van der Waals surface area contributed by atoms with Crippen molar-refractivity contribution in [2.75, 3.05) is 32.6 Å². The summed E-state index contributed by atoms with van der Waals surface area (Å²) in [6.45, 7) is 8.01. The van der Waals surface area contributed by atoms with Crippen molar-refractivity contribution in [2.24, 2.45) is 10.4 Å². The molecule has 146 valence electrons. The molecule has 0 amide bonds. The van der Waals surface area contributed by atoms with Gasteiger partial charge in [0.1, 0.15) is 5.82 Å². The van der Waals surface area contributed by atoms with E-state index in [-0.39, 0.29) is 5.82 Å². The number of hydrogen-bond donors (Lipinski definition) is 2. The molecular formula is C20H32FN3OS. The Labute approximate surface area is 161 Å². The number of benzene rings is 1. The van der Waals surface area contributed by atoms with E-state index in [1.807, 2.05) is 19.2 Å². The number of ether oxygens (including phenoxy) is 1. The van der Waals surface area contributed by atoms with E-state index in [9.17, 15) is 4.39 Å². The van der Waals surface area contributed by atoms with Crippen LogP contribution in [0, 0.1) is 11.2 Å². The van der Waals surface area contributed by atoms with Crippen LogP contribution in [0.4, 0.5) is 4.39 Å². The van der Waals surface area contributed by atoms with Crippen LogP contribution in [0.2, 0.25) is 0 Å². The molecule has 2 rings (SSSR count). The van der Waals surface area contributed by atoms with Gasteiger partial charge in [-0.2, -0.15) is 11.8 Å². The number of rotatable bonds is 11. The van der Waals surface area contributed by atoms with Crippen molar-refractivity contribution in [1.82, 2.24) is 10.6 Å². The predicted molar refractivity (Wildman–Crippen MR) is 109 cm³/mol.